The Bertz CT molecular complexity index is 406. The van der Waals surface area contributed by atoms with Gasteiger partial charge in [0.25, 0.3) is 0 Å². The molecule has 0 aliphatic heterocycles. The molecule has 1 aromatic carbocycles. The van der Waals surface area contributed by atoms with Gasteiger partial charge in [0.2, 0.25) is 0 Å². The number of carbonyl (C=O) groups is 1. The van der Waals surface area contributed by atoms with Crippen molar-refractivity contribution >= 4 is 5.97 Å². The molecule has 1 rings (SSSR count). The number of carbonyl (C=O) groups excluding carboxylic acids is 1. The van der Waals surface area contributed by atoms with Gasteiger partial charge in [0.15, 0.2) is 0 Å². The highest BCUT2D eigenvalue weighted by Crippen LogP contribution is 2.12. The third-order valence-electron chi connectivity index (χ3n) is 2.34. The minimum Gasteiger partial charge on any atom is -0.508 e. The standard InChI is InChI=1S/C13H15NO3/c1-2-3-10(8-14)9-17-13(16)11-4-6-12(15)7-5-11/h4-7,10,15H,2-3,9H2,1H3. The van der Waals surface area contributed by atoms with Gasteiger partial charge in [0, 0.05) is 0 Å². The number of ether oxygens (including phenoxy) is 1. The topological polar surface area (TPSA) is 70.3 Å². The third kappa shape index (κ3) is 4.15. The molecule has 4 heteroatoms. The summed E-state index contributed by atoms with van der Waals surface area (Å²) < 4.78 is 5.03. The first-order valence-corrected chi connectivity index (χ1v) is 5.53. The summed E-state index contributed by atoms with van der Waals surface area (Å²) in [5, 5.41) is 17.9. The van der Waals surface area contributed by atoms with Crippen LogP contribution in [-0.4, -0.2) is 17.7 Å². The smallest absolute Gasteiger partial charge is 0.338 e. The van der Waals surface area contributed by atoms with Gasteiger partial charge in [-0.05, 0) is 30.7 Å². The zero-order valence-corrected chi connectivity index (χ0v) is 9.72. The first-order chi connectivity index (χ1) is 8.17. The fraction of sp³-hybridized carbons (Fsp3) is 0.385. The van der Waals surface area contributed by atoms with Crippen LogP contribution in [-0.2, 0) is 4.74 Å². The fourth-order valence-electron chi connectivity index (χ4n) is 1.39. The SMILES string of the molecule is CCCC(C#N)COC(=O)c1ccc(O)cc1. The summed E-state index contributed by atoms with van der Waals surface area (Å²) in [4.78, 5) is 11.6. The molecule has 4 nitrogen and oxygen atoms in total. The number of hydrogen-bond donors (Lipinski definition) is 1. The average Bonchev–Trinajstić information content (AvgIpc) is 2.35. The fourth-order valence-corrected chi connectivity index (χ4v) is 1.39. The van der Waals surface area contributed by atoms with Crippen molar-refractivity contribution in [1.29, 1.82) is 5.26 Å². The molecular formula is C13H15NO3. The molecule has 0 amide bonds. The van der Waals surface area contributed by atoms with Gasteiger partial charge < -0.3 is 9.84 Å². The average molecular weight is 233 g/mol. The van der Waals surface area contributed by atoms with E-state index in [1.807, 2.05) is 6.92 Å². The van der Waals surface area contributed by atoms with E-state index in [1.165, 1.54) is 24.3 Å². The summed E-state index contributed by atoms with van der Waals surface area (Å²) in [5.41, 5.74) is 0.371. The Morgan fingerprint density at radius 3 is 2.65 bits per heavy atom. The largest absolute Gasteiger partial charge is 0.508 e. The van der Waals surface area contributed by atoms with E-state index >= 15 is 0 Å². The number of esters is 1. The maximum Gasteiger partial charge on any atom is 0.338 e. The van der Waals surface area contributed by atoms with Crippen LogP contribution in [0.1, 0.15) is 30.1 Å². The van der Waals surface area contributed by atoms with Crippen molar-refractivity contribution in [3.05, 3.63) is 29.8 Å². The summed E-state index contributed by atoms with van der Waals surface area (Å²) in [7, 11) is 0. The van der Waals surface area contributed by atoms with E-state index in [1.54, 1.807) is 0 Å². The summed E-state index contributed by atoms with van der Waals surface area (Å²) in [6.07, 6.45) is 1.61. The van der Waals surface area contributed by atoms with E-state index in [0.717, 1.165) is 12.8 Å². The molecule has 0 saturated heterocycles. The van der Waals surface area contributed by atoms with E-state index in [-0.39, 0.29) is 18.3 Å². The Hall–Kier alpha value is -2.02. The molecule has 0 saturated carbocycles. The molecule has 1 N–H and O–H groups in total. The Labute approximate surface area is 100 Å². The van der Waals surface area contributed by atoms with Crippen LogP contribution >= 0.6 is 0 Å². The van der Waals surface area contributed by atoms with Crippen molar-refractivity contribution in [1.82, 2.24) is 0 Å². The Morgan fingerprint density at radius 2 is 2.12 bits per heavy atom. The molecule has 0 heterocycles. The van der Waals surface area contributed by atoms with Gasteiger partial charge in [-0.2, -0.15) is 5.26 Å². The number of hydrogen-bond acceptors (Lipinski definition) is 4. The molecule has 0 aromatic heterocycles. The van der Waals surface area contributed by atoms with Gasteiger partial charge in [-0.25, -0.2) is 4.79 Å². The van der Waals surface area contributed by atoms with Gasteiger partial charge in [-0.1, -0.05) is 13.3 Å². The second-order valence-corrected chi connectivity index (χ2v) is 3.76. The quantitative estimate of drug-likeness (QED) is 0.793. The molecule has 0 radical (unpaired) electrons. The normalized spacial score (nSPS) is 11.5. The first kappa shape index (κ1) is 13.0. The minimum atomic E-state index is -0.471. The number of nitrogens with zero attached hydrogens (tertiary/aromatic N) is 1. The zero-order chi connectivity index (χ0) is 12.7. The molecule has 0 aliphatic rings. The third-order valence-corrected chi connectivity index (χ3v) is 2.34. The molecule has 0 aliphatic carbocycles. The van der Waals surface area contributed by atoms with Crippen LogP contribution in [0.5, 0.6) is 5.75 Å². The van der Waals surface area contributed by atoms with Gasteiger partial charge in [0.1, 0.15) is 12.4 Å². The van der Waals surface area contributed by atoms with Crippen molar-refractivity contribution in [2.75, 3.05) is 6.61 Å². The second-order valence-electron chi connectivity index (χ2n) is 3.76. The number of aromatic hydroxyl groups is 1. The van der Waals surface area contributed by atoms with Crippen LogP contribution < -0.4 is 0 Å². The number of nitriles is 1. The predicted octanol–water partition coefficient (Wildman–Crippen LogP) is 2.49. The van der Waals surface area contributed by atoms with E-state index in [0.29, 0.717) is 5.56 Å². The van der Waals surface area contributed by atoms with Crippen LogP contribution in [0.2, 0.25) is 0 Å². The number of phenolic OH excluding ortho intramolecular Hbond substituents is 1. The monoisotopic (exact) mass is 233 g/mol. The molecule has 0 bridgehead atoms. The van der Waals surface area contributed by atoms with Crippen LogP contribution in [0.4, 0.5) is 0 Å². The Balaban J connectivity index is 2.50. The molecule has 1 aromatic rings. The van der Waals surface area contributed by atoms with E-state index in [9.17, 15) is 4.79 Å². The first-order valence-electron chi connectivity index (χ1n) is 5.53. The lowest BCUT2D eigenvalue weighted by Crippen LogP contribution is -2.13. The highest BCUT2D eigenvalue weighted by atomic mass is 16.5. The van der Waals surface area contributed by atoms with Gasteiger partial charge in [0.05, 0.1) is 17.6 Å². The van der Waals surface area contributed by atoms with E-state index in [4.69, 9.17) is 15.1 Å². The molecule has 1 unspecified atom stereocenters. The number of rotatable bonds is 5. The Morgan fingerprint density at radius 1 is 1.47 bits per heavy atom. The van der Waals surface area contributed by atoms with Crippen LogP contribution in [0.3, 0.4) is 0 Å². The molecule has 1 atom stereocenters. The maximum atomic E-state index is 11.6. The zero-order valence-electron chi connectivity index (χ0n) is 9.72. The number of phenols is 1. The predicted molar refractivity (Wildman–Crippen MR) is 62.4 cm³/mol. The number of benzene rings is 1. The van der Waals surface area contributed by atoms with Crippen LogP contribution in [0, 0.1) is 17.2 Å². The summed E-state index contributed by atoms with van der Waals surface area (Å²) >= 11 is 0. The molecule has 0 fully saturated rings. The summed E-state index contributed by atoms with van der Waals surface area (Å²) in [6.45, 7) is 2.09. The molecule has 17 heavy (non-hydrogen) atoms. The van der Waals surface area contributed by atoms with E-state index < -0.39 is 5.97 Å². The van der Waals surface area contributed by atoms with Gasteiger partial charge >= 0.3 is 5.97 Å². The van der Waals surface area contributed by atoms with Crippen molar-refractivity contribution in [3.63, 3.8) is 0 Å². The van der Waals surface area contributed by atoms with Crippen molar-refractivity contribution in [2.45, 2.75) is 19.8 Å². The minimum absolute atomic E-state index is 0.0995. The van der Waals surface area contributed by atoms with Crippen molar-refractivity contribution < 1.29 is 14.6 Å². The van der Waals surface area contributed by atoms with Crippen LogP contribution in [0.25, 0.3) is 0 Å². The lowest BCUT2D eigenvalue weighted by molar-refractivity contribution is 0.0464. The van der Waals surface area contributed by atoms with Gasteiger partial charge in [-0.15, -0.1) is 0 Å². The molecule has 0 spiro atoms. The molecule has 90 valence electrons. The summed E-state index contributed by atoms with van der Waals surface area (Å²) in [6, 6.07) is 7.91. The Kier molecular flexibility index (Phi) is 5.02. The van der Waals surface area contributed by atoms with Gasteiger partial charge in [-0.3, -0.25) is 0 Å². The molecular weight excluding hydrogens is 218 g/mol. The summed E-state index contributed by atoms with van der Waals surface area (Å²) in [5.74, 6) is -0.621. The maximum absolute atomic E-state index is 11.6. The lowest BCUT2D eigenvalue weighted by atomic mass is 10.1. The second kappa shape index (κ2) is 6.54. The van der Waals surface area contributed by atoms with Crippen molar-refractivity contribution in [2.24, 2.45) is 5.92 Å². The highest BCUT2D eigenvalue weighted by Gasteiger charge is 2.11. The lowest BCUT2D eigenvalue weighted by Gasteiger charge is -2.08. The van der Waals surface area contributed by atoms with Crippen LogP contribution in [0.15, 0.2) is 24.3 Å². The highest BCUT2D eigenvalue weighted by molar-refractivity contribution is 5.89. The van der Waals surface area contributed by atoms with E-state index in [2.05, 4.69) is 6.07 Å². The van der Waals surface area contributed by atoms with Crippen molar-refractivity contribution in [3.8, 4) is 11.8 Å².